The molecule has 1 amide bonds. The van der Waals surface area contributed by atoms with Gasteiger partial charge in [-0.2, -0.15) is 0 Å². The minimum Gasteiger partial charge on any atom is -0.356 e. The molecule has 0 aromatic rings. The van der Waals surface area contributed by atoms with Crippen LogP contribution in [-0.4, -0.2) is 34.6 Å². The molecule has 2 aliphatic heterocycles. The molecule has 2 unspecified atom stereocenters. The predicted octanol–water partition coefficient (Wildman–Crippen LogP) is 11.5. The van der Waals surface area contributed by atoms with Crippen LogP contribution >= 0.6 is 0 Å². The second-order valence-electron chi connectivity index (χ2n) is 18.8. The van der Waals surface area contributed by atoms with E-state index in [0.29, 0.717) is 17.7 Å². The van der Waals surface area contributed by atoms with Crippen LogP contribution in [0.2, 0.25) is 0 Å². The zero-order valence-corrected chi connectivity index (χ0v) is 33.0. The molecule has 46 heavy (non-hydrogen) atoms. The van der Waals surface area contributed by atoms with Gasteiger partial charge in [-0.1, -0.05) is 110 Å². The maximum atomic E-state index is 14.1. The molecular weight excluding hydrogens is 562 g/mol. The topological polar surface area (TPSA) is 53.2 Å². The van der Waals surface area contributed by atoms with E-state index < -0.39 is 0 Å². The highest BCUT2D eigenvalue weighted by molar-refractivity contribution is 5.79. The van der Waals surface area contributed by atoms with Crippen molar-refractivity contribution >= 4 is 5.91 Å². The van der Waals surface area contributed by atoms with E-state index in [1.807, 2.05) is 0 Å². The minimum absolute atomic E-state index is 0.120. The van der Waals surface area contributed by atoms with E-state index in [2.05, 4.69) is 85.2 Å². The molecule has 3 N–H and O–H groups in total. The van der Waals surface area contributed by atoms with Gasteiger partial charge in [0.15, 0.2) is 0 Å². The summed E-state index contributed by atoms with van der Waals surface area (Å²) in [5, 5.41) is 11.3. The molecule has 2 saturated heterocycles. The number of hydrogen-bond acceptors (Lipinski definition) is 3. The first-order chi connectivity index (χ1) is 21.6. The third-order valence-corrected chi connectivity index (χ3v) is 11.3. The Morgan fingerprint density at radius 3 is 1.59 bits per heavy atom. The summed E-state index contributed by atoms with van der Waals surface area (Å²) in [6.07, 6.45) is 28.0. The maximum Gasteiger partial charge on any atom is 0.223 e. The van der Waals surface area contributed by atoms with E-state index in [1.54, 1.807) is 0 Å². The number of hydrogen-bond donors (Lipinski definition) is 3. The largest absolute Gasteiger partial charge is 0.356 e. The summed E-state index contributed by atoms with van der Waals surface area (Å²) < 4.78 is 0. The van der Waals surface area contributed by atoms with Crippen molar-refractivity contribution in [1.29, 1.82) is 0 Å². The van der Waals surface area contributed by atoms with Crippen molar-refractivity contribution in [2.24, 2.45) is 23.7 Å². The van der Waals surface area contributed by atoms with Crippen LogP contribution in [-0.2, 0) is 4.79 Å². The number of nitrogens with one attached hydrogen (secondary N) is 3. The molecule has 0 bridgehead atoms. The lowest BCUT2D eigenvalue weighted by molar-refractivity contribution is -0.128. The Hall–Kier alpha value is -0.610. The Bertz CT molecular complexity index is 799. The molecule has 4 nitrogen and oxygen atoms in total. The van der Waals surface area contributed by atoms with Gasteiger partial charge in [0.25, 0.3) is 0 Å². The summed E-state index contributed by atoms with van der Waals surface area (Å²) in [5.41, 5.74) is 0.731. The van der Waals surface area contributed by atoms with E-state index in [0.717, 1.165) is 25.3 Å². The van der Waals surface area contributed by atoms with E-state index in [9.17, 15) is 4.79 Å². The Morgan fingerprint density at radius 1 is 0.587 bits per heavy atom. The molecule has 2 atom stereocenters. The van der Waals surface area contributed by atoms with Gasteiger partial charge >= 0.3 is 0 Å². The van der Waals surface area contributed by atoms with Crippen molar-refractivity contribution in [3.8, 4) is 0 Å². The normalized spacial score (nSPS) is 22.4. The smallest absolute Gasteiger partial charge is 0.223 e. The van der Waals surface area contributed by atoms with E-state index in [4.69, 9.17) is 0 Å². The Balaban J connectivity index is 1.95. The molecule has 0 radical (unpaired) electrons. The monoisotopic (exact) mass is 646 g/mol. The van der Waals surface area contributed by atoms with Crippen LogP contribution in [0, 0.1) is 23.7 Å². The van der Waals surface area contributed by atoms with Crippen molar-refractivity contribution < 1.29 is 4.79 Å². The second kappa shape index (κ2) is 20.2. The van der Waals surface area contributed by atoms with Gasteiger partial charge in [-0.15, -0.1) is 0 Å². The van der Waals surface area contributed by atoms with Gasteiger partial charge in [-0.3, -0.25) is 4.79 Å². The summed E-state index contributed by atoms with van der Waals surface area (Å²) in [5.74, 6) is 2.47. The van der Waals surface area contributed by atoms with Gasteiger partial charge in [0.1, 0.15) is 0 Å². The summed E-state index contributed by atoms with van der Waals surface area (Å²) >= 11 is 0. The first-order valence-corrected chi connectivity index (χ1v) is 20.4. The summed E-state index contributed by atoms with van der Waals surface area (Å²) in [7, 11) is 0. The molecule has 4 heteroatoms. The van der Waals surface area contributed by atoms with Gasteiger partial charge in [0.2, 0.25) is 5.91 Å². The molecule has 0 aliphatic carbocycles. The molecule has 272 valence electrons. The van der Waals surface area contributed by atoms with Crippen LogP contribution in [0.5, 0.6) is 0 Å². The molecule has 0 aromatic heterocycles. The molecule has 0 aromatic carbocycles. The molecule has 2 aliphatic rings. The summed E-state index contributed by atoms with van der Waals surface area (Å²) in [6.45, 7) is 24.4. The van der Waals surface area contributed by atoms with Gasteiger partial charge in [0.05, 0.1) is 0 Å². The highest BCUT2D eigenvalue weighted by atomic mass is 16.1. The summed E-state index contributed by atoms with van der Waals surface area (Å²) in [6, 6.07) is 0. The molecule has 2 rings (SSSR count). The van der Waals surface area contributed by atoms with E-state index >= 15 is 0 Å². The maximum absolute atomic E-state index is 14.1. The number of carbonyl (C=O) groups excluding carboxylic acids is 1. The zero-order valence-electron chi connectivity index (χ0n) is 33.0. The Kier molecular flexibility index (Phi) is 18.2. The highest BCUT2D eigenvalue weighted by Crippen LogP contribution is 2.43. The molecule has 0 spiro atoms. The van der Waals surface area contributed by atoms with Crippen molar-refractivity contribution in [2.75, 3.05) is 6.54 Å². The lowest BCUT2D eigenvalue weighted by atomic mass is 9.65. The fraction of sp³-hybridized carbons (Fsp3) is 0.976. The fourth-order valence-electron chi connectivity index (χ4n) is 10.1. The highest BCUT2D eigenvalue weighted by Gasteiger charge is 2.43. The number of amides is 1. The fourth-order valence-corrected chi connectivity index (χ4v) is 10.1. The van der Waals surface area contributed by atoms with Crippen LogP contribution in [0.15, 0.2) is 0 Å². The first-order valence-electron chi connectivity index (χ1n) is 20.4. The van der Waals surface area contributed by atoms with Crippen LogP contribution in [0.4, 0.5) is 0 Å². The lowest BCUT2D eigenvalue weighted by Crippen LogP contribution is -2.59. The second-order valence-corrected chi connectivity index (χ2v) is 18.8. The number of carbonyl (C=O) groups is 1. The quantitative estimate of drug-likeness (QED) is 0.0969. The van der Waals surface area contributed by atoms with Crippen LogP contribution < -0.4 is 16.0 Å². The van der Waals surface area contributed by atoms with Crippen molar-refractivity contribution in [3.05, 3.63) is 0 Å². The number of rotatable bonds is 23. The standard InChI is InChI=1S/C42H83N3O/c1-11-13-15-16-17-18-19-24-28-37(36(27-22-14-12-2)35-32-41(7,8)45-42(9,10)33-35)38(46)43-29-25-21-20-23-26-34-30-39(3,4)44-40(5,6)31-34/h34-37,44-45H,11-33H2,1-10H3,(H,43,46). The lowest BCUT2D eigenvalue weighted by Gasteiger charge is -2.50. The molecular formula is C42H83N3O. The van der Waals surface area contributed by atoms with E-state index in [1.165, 1.54) is 128 Å². The Labute approximate surface area is 289 Å². The van der Waals surface area contributed by atoms with Crippen LogP contribution in [0.3, 0.4) is 0 Å². The first kappa shape index (κ1) is 41.6. The molecule has 2 fully saturated rings. The van der Waals surface area contributed by atoms with Crippen molar-refractivity contribution in [3.63, 3.8) is 0 Å². The van der Waals surface area contributed by atoms with Crippen LogP contribution in [0.25, 0.3) is 0 Å². The van der Waals surface area contributed by atoms with Gasteiger partial charge in [-0.25, -0.2) is 0 Å². The minimum atomic E-state index is 0.120. The van der Waals surface area contributed by atoms with Gasteiger partial charge in [0, 0.05) is 34.6 Å². The zero-order chi connectivity index (χ0) is 34.3. The number of piperidine rings is 2. The number of unbranched alkanes of at least 4 members (excludes halogenated alkanes) is 12. The Morgan fingerprint density at radius 2 is 1.02 bits per heavy atom. The summed E-state index contributed by atoms with van der Waals surface area (Å²) in [4.78, 5) is 14.1. The van der Waals surface area contributed by atoms with Crippen molar-refractivity contribution in [2.45, 2.75) is 233 Å². The van der Waals surface area contributed by atoms with Crippen molar-refractivity contribution in [1.82, 2.24) is 16.0 Å². The third kappa shape index (κ3) is 16.7. The SMILES string of the molecule is CCCCCCCCCCC(C(=O)NCCCCCCC1CC(C)(C)NC(C)(C)C1)C(CCCCC)C1CC(C)(C)NC(C)(C)C1. The van der Waals surface area contributed by atoms with Gasteiger partial charge < -0.3 is 16.0 Å². The van der Waals surface area contributed by atoms with E-state index in [-0.39, 0.29) is 28.1 Å². The average Bonchev–Trinajstić information content (AvgIpc) is 2.91. The average molecular weight is 646 g/mol. The molecule has 2 heterocycles. The van der Waals surface area contributed by atoms with Crippen LogP contribution in [0.1, 0.15) is 210 Å². The third-order valence-electron chi connectivity index (χ3n) is 11.3. The predicted molar refractivity (Wildman–Crippen MR) is 202 cm³/mol. The molecule has 0 saturated carbocycles. The van der Waals surface area contributed by atoms with Gasteiger partial charge in [-0.05, 0) is 118 Å².